The summed E-state index contributed by atoms with van der Waals surface area (Å²) in [5.74, 6) is -1.10. The van der Waals surface area contributed by atoms with Crippen molar-refractivity contribution in [2.75, 3.05) is 0 Å². The zero-order chi connectivity index (χ0) is 16.1. The van der Waals surface area contributed by atoms with E-state index in [1.807, 2.05) is 30.3 Å². The summed E-state index contributed by atoms with van der Waals surface area (Å²) in [5, 5.41) is 11.5. The Hall–Kier alpha value is -2.60. The van der Waals surface area contributed by atoms with Crippen LogP contribution in [0.2, 0.25) is 0 Å². The van der Waals surface area contributed by atoms with E-state index < -0.39 is 12.0 Å². The fourth-order valence-electron chi connectivity index (χ4n) is 2.07. The summed E-state index contributed by atoms with van der Waals surface area (Å²) in [6.45, 7) is 1.84. The third kappa shape index (κ3) is 3.95. The van der Waals surface area contributed by atoms with Crippen LogP contribution >= 0.6 is 0 Å². The molecule has 1 atom stereocenters. The lowest BCUT2D eigenvalue weighted by Crippen LogP contribution is -2.41. The summed E-state index contributed by atoms with van der Waals surface area (Å²) in [4.78, 5) is 22.8. The van der Waals surface area contributed by atoms with Gasteiger partial charge in [0, 0.05) is 12.1 Å². The molecule has 1 unspecified atom stereocenters. The maximum atomic E-state index is 12.0. The number of carboxylic acid groups (broad SMARTS) is 1. The molecule has 22 heavy (non-hydrogen) atoms. The first-order chi connectivity index (χ1) is 10.5. The van der Waals surface area contributed by atoms with Crippen molar-refractivity contribution in [3.8, 4) is 0 Å². The minimum atomic E-state index is -1.14. The number of nitrogens with two attached hydrogens (primary N) is 1. The molecule has 0 aliphatic heterocycles. The first-order valence-corrected chi connectivity index (χ1v) is 6.87. The molecule has 1 amide bonds. The Labute approximate surface area is 127 Å². The number of hydrogen-bond donors (Lipinski definition) is 3. The lowest BCUT2D eigenvalue weighted by Gasteiger charge is -2.12. The maximum Gasteiger partial charge on any atom is 0.371 e. The Morgan fingerprint density at radius 1 is 1.32 bits per heavy atom. The van der Waals surface area contributed by atoms with Crippen LogP contribution in [-0.4, -0.2) is 23.0 Å². The molecule has 1 heterocycles. The molecule has 0 spiro atoms. The Morgan fingerprint density at radius 2 is 2.00 bits per heavy atom. The predicted molar refractivity (Wildman–Crippen MR) is 80.4 cm³/mol. The maximum absolute atomic E-state index is 12.0. The van der Waals surface area contributed by atoms with Crippen LogP contribution in [0.4, 0.5) is 0 Å². The minimum Gasteiger partial charge on any atom is -0.475 e. The van der Waals surface area contributed by atoms with E-state index in [0.717, 1.165) is 5.56 Å². The average Bonchev–Trinajstić information content (AvgIpc) is 2.87. The number of carbonyl (C=O) groups excluding carboxylic acids is 1. The van der Waals surface area contributed by atoms with Crippen LogP contribution in [-0.2, 0) is 17.8 Å². The third-order valence-electron chi connectivity index (χ3n) is 3.32. The summed E-state index contributed by atoms with van der Waals surface area (Å²) >= 11 is 0. The fraction of sp³-hybridized carbons (Fsp3) is 0.250. The molecule has 4 N–H and O–H groups in total. The van der Waals surface area contributed by atoms with Gasteiger partial charge in [0.05, 0.1) is 6.04 Å². The second-order valence-corrected chi connectivity index (χ2v) is 5.01. The SMILES string of the molecule is Cc1oc(C(=O)O)cc1CNC(=O)C(N)Cc1ccccc1. The fourth-order valence-corrected chi connectivity index (χ4v) is 2.07. The van der Waals surface area contributed by atoms with Gasteiger partial charge in [0.1, 0.15) is 5.76 Å². The van der Waals surface area contributed by atoms with Gasteiger partial charge in [0.15, 0.2) is 0 Å². The monoisotopic (exact) mass is 302 g/mol. The molecule has 0 aliphatic carbocycles. The minimum absolute atomic E-state index is 0.143. The van der Waals surface area contributed by atoms with Crippen LogP contribution in [0.25, 0.3) is 0 Å². The van der Waals surface area contributed by atoms with E-state index in [-0.39, 0.29) is 18.2 Å². The van der Waals surface area contributed by atoms with E-state index in [1.165, 1.54) is 6.07 Å². The number of nitrogens with one attached hydrogen (secondary N) is 1. The van der Waals surface area contributed by atoms with Gasteiger partial charge in [-0.3, -0.25) is 4.79 Å². The zero-order valence-electron chi connectivity index (χ0n) is 12.2. The molecule has 2 aromatic rings. The Morgan fingerprint density at radius 3 is 2.59 bits per heavy atom. The third-order valence-corrected chi connectivity index (χ3v) is 3.32. The van der Waals surface area contributed by atoms with E-state index in [2.05, 4.69) is 5.32 Å². The highest BCUT2D eigenvalue weighted by molar-refractivity contribution is 5.85. The number of aromatic carboxylic acids is 1. The lowest BCUT2D eigenvalue weighted by atomic mass is 10.1. The number of aryl methyl sites for hydroxylation is 1. The largest absolute Gasteiger partial charge is 0.475 e. The molecule has 1 aromatic carbocycles. The van der Waals surface area contributed by atoms with E-state index in [0.29, 0.717) is 17.7 Å². The zero-order valence-corrected chi connectivity index (χ0v) is 12.2. The number of benzene rings is 1. The normalized spacial score (nSPS) is 11.9. The molecule has 6 nitrogen and oxygen atoms in total. The van der Waals surface area contributed by atoms with Crippen molar-refractivity contribution >= 4 is 11.9 Å². The first kappa shape index (κ1) is 15.8. The summed E-state index contributed by atoms with van der Waals surface area (Å²) in [6.07, 6.45) is 0.442. The number of furan rings is 1. The molecular formula is C16H18N2O4. The highest BCUT2D eigenvalue weighted by Gasteiger charge is 2.16. The van der Waals surface area contributed by atoms with Gasteiger partial charge in [-0.1, -0.05) is 30.3 Å². The molecule has 2 rings (SSSR count). The molecule has 0 bridgehead atoms. The topological polar surface area (TPSA) is 106 Å². The van der Waals surface area contributed by atoms with Crippen LogP contribution in [0.1, 0.15) is 27.4 Å². The number of hydrogen-bond acceptors (Lipinski definition) is 4. The standard InChI is InChI=1S/C16H18N2O4/c1-10-12(8-14(22-10)16(20)21)9-18-15(19)13(17)7-11-5-3-2-4-6-11/h2-6,8,13H,7,9,17H2,1H3,(H,18,19)(H,20,21). The first-order valence-electron chi connectivity index (χ1n) is 6.87. The van der Waals surface area contributed by atoms with Crippen molar-refractivity contribution in [1.82, 2.24) is 5.32 Å². The molecule has 1 aromatic heterocycles. The van der Waals surface area contributed by atoms with Gasteiger partial charge < -0.3 is 20.6 Å². The van der Waals surface area contributed by atoms with E-state index >= 15 is 0 Å². The molecule has 116 valence electrons. The van der Waals surface area contributed by atoms with Crippen molar-refractivity contribution < 1.29 is 19.1 Å². The molecule has 0 fully saturated rings. The van der Waals surface area contributed by atoms with Crippen LogP contribution < -0.4 is 11.1 Å². The van der Waals surface area contributed by atoms with Crippen molar-refractivity contribution in [2.24, 2.45) is 5.73 Å². The Kier molecular flexibility index (Phi) is 4.95. The number of rotatable bonds is 6. The summed E-state index contributed by atoms with van der Waals surface area (Å²) < 4.78 is 5.08. The van der Waals surface area contributed by atoms with Gasteiger partial charge in [0.25, 0.3) is 0 Å². The van der Waals surface area contributed by atoms with Crippen LogP contribution in [0.15, 0.2) is 40.8 Å². The van der Waals surface area contributed by atoms with Gasteiger partial charge in [-0.2, -0.15) is 0 Å². The van der Waals surface area contributed by atoms with Crippen LogP contribution in [0, 0.1) is 6.92 Å². The second-order valence-electron chi connectivity index (χ2n) is 5.01. The van der Waals surface area contributed by atoms with Gasteiger partial charge in [-0.25, -0.2) is 4.79 Å². The van der Waals surface area contributed by atoms with Crippen molar-refractivity contribution in [2.45, 2.75) is 25.9 Å². The Balaban J connectivity index is 1.91. The van der Waals surface area contributed by atoms with Gasteiger partial charge >= 0.3 is 5.97 Å². The molecule has 0 saturated carbocycles. The molecule has 0 aliphatic rings. The summed E-state index contributed by atoms with van der Waals surface area (Å²) in [6, 6.07) is 10.2. The van der Waals surface area contributed by atoms with Crippen molar-refractivity contribution in [3.05, 3.63) is 59.0 Å². The van der Waals surface area contributed by atoms with Crippen molar-refractivity contribution in [3.63, 3.8) is 0 Å². The van der Waals surface area contributed by atoms with Crippen LogP contribution in [0.5, 0.6) is 0 Å². The Bertz CT molecular complexity index is 664. The van der Waals surface area contributed by atoms with Crippen molar-refractivity contribution in [1.29, 1.82) is 0 Å². The van der Waals surface area contributed by atoms with E-state index in [9.17, 15) is 9.59 Å². The van der Waals surface area contributed by atoms with Gasteiger partial charge in [-0.05, 0) is 25.0 Å². The highest BCUT2D eigenvalue weighted by atomic mass is 16.4. The average molecular weight is 302 g/mol. The van der Waals surface area contributed by atoms with E-state index in [1.54, 1.807) is 6.92 Å². The smallest absolute Gasteiger partial charge is 0.371 e. The predicted octanol–water partition coefficient (Wildman–Crippen LogP) is 1.47. The van der Waals surface area contributed by atoms with Crippen LogP contribution in [0.3, 0.4) is 0 Å². The molecule has 0 saturated heterocycles. The van der Waals surface area contributed by atoms with Gasteiger partial charge in [-0.15, -0.1) is 0 Å². The molecule has 6 heteroatoms. The lowest BCUT2D eigenvalue weighted by molar-refractivity contribution is -0.122. The summed E-state index contributed by atoms with van der Waals surface area (Å²) in [5.41, 5.74) is 7.48. The molecule has 0 radical (unpaired) electrons. The number of carbonyl (C=O) groups is 2. The van der Waals surface area contributed by atoms with E-state index in [4.69, 9.17) is 15.3 Å². The second kappa shape index (κ2) is 6.91. The van der Waals surface area contributed by atoms with Gasteiger partial charge in [0.2, 0.25) is 11.7 Å². The quantitative estimate of drug-likeness (QED) is 0.749. The molecular weight excluding hydrogens is 284 g/mol. The number of amides is 1. The highest BCUT2D eigenvalue weighted by Crippen LogP contribution is 2.14. The number of carboxylic acids is 1. The summed E-state index contributed by atoms with van der Waals surface area (Å²) in [7, 11) is 0.